The second-order valence-electron chi connectivity index (χ2n) is 15.9. The zero-order valence-corrected chi connectivity index (χ0v) is 28.1. The van der Waals surface area contributed by atoms with Crippen LogP contribution in [-0.4, -0.2) is 28.4 Å². The maximum Gasteiger partial charge on any atom is 0.192 e. The molecule has 0 bridgehead atoms. The van der Waals surface area contributed by atoms with Gasteiger partial charge in [0.15, 0.2) is 8.32 Å². The number of aliphatic hydroxyl groups is 1. The van der Waals surface area contributed by atoms with Crippen LogP contribution in [0, 0.1) is 5.41 Å². The molecule has 40 heavy (non-hydrogen) atoms. The lowest BCUT2D eigenvalue weighted by molar-refractivity contribution is 0.104. The van der Waals surface area contributed by atoms with Gasteiger partial charge in [-0.05, 0) is 60.7 Å². The van der Waals surface area contributed by atoms with E-state index in [4.69, 9.17) is 9.41 Å². The summed E-state index contributed by atoms with van der Waals surface area (Å²) in [7, 11) is -2.08. The first-order valence-electron chi connectivity index (χ1n) is 15.2. The molecule has 2 aliphatic carbocycles. The van der Waals surface area contributed by atoms with Gasteiger partial charge in [-0.25, -0.2) is 9.97 Å². The van der Waals surface area contributed by atoms with Crippen molar-refractivity contribution in [3.8, 4) is 0 Å². The third kappa shape index (κ3) is 6.14. The highest BCUT2D eigenvalue weighted by atomic mass is 28.4. The van der Waals surface area contributed by atoms with Crippen molar-refractivity contribution in [3.63, 3.8) is 0 Å². The molecule has 2 heterocycles. The molecule has 5 nitrogen and oxygen atoms in total. The summed E-state index contributed by atoms with van der Waals surface area (Å²) in [4.78, 5) is 14.7. The van der Waals surface area contributed by atoms with E-state index in [0.29, 0.717) is 0 Å². The van der Waals surface area contributed by atoms with Gasteiger partial charge in [0.05, 0.1) is 6.10 Å². The van der Waals surface area contributed by atoms with Crippen molar-refractivity contribution in [1.82, 2.24) is 15.0 Å². The van der Waals surface area contributed by atoms with Gasteiger partial charge < -0.3 is 9.53 Å². The number of aromatic nitrogens is 3. The first-order valence-corrected chi connectivity index (χ1v) is 18.1. The van der Waals surface area contributed by atoms with E-state index < -0.39 is 14.4 Å². The largest absolute Gasteiger partial charge is 0.410 e. The third-order valence-corrected chi connectivity index (χ3v) is 13.7. The predicted molar refractivity (Wildman–Crippen MR) is 167 cm³/mol. The van der Waals surface area contributed by atoms with Crippen LogP contribution in [0.5, 0.6) is 0 Å². The molecule has 2 aromatic heterocycles. The van der Waals surface area contributed by atoms with Crippen LogP contribution >= 0.6 is 0 Å². The first kappa shape index (κ1) is 31.1. The lowest BCUT2D eigenvalue weighted by Gasteiger charge is -2.45. The minimum atomic E-state index is -2.08. The van der Waals surface area contributed by atoms with E-state index in [1.54, 1.807) is 0 Å². The number of pyridine rings is 1. The van der Waals surface area contributed by atoms with Crippen molar-refractivity contribution in [2.75, 3.05) is 0 Å². The van der Waals surface area contributed by atoms with Crippen molar-refractivity contribution in [2.45, 2.75) is 143 Å². The summed E-state index contributed by atoms with van der Waals surface area (Å²) >= 11 is 0. The van der Waals surface area contributed by atoms with Crippen molar-refractivity contribution >= 4 is 8.32 Å². The van der Waals surface area contributed by atoms with Crippen LogP contribution in [-0.2, 0) is 16.3 Å². The Labute approximate surface area is 244 Å². The van der Waals surface area contributed by atoms with Crippen molar-refractivity contribution in [1.29, 1.82) is 0 Å². The van der Waals surface area contributed by atoms with Crippen LogP contribution in [0.2, 0.25) is 18.1 Å². The zero-order valence-electron chi connectivity index (χ0n) is 27.1. The summed E-state index contributed by atoms with van der Waals surface area (Å²) in [6.45, 7) is 27.0. The minimum absolute atomic E-state index is 0.0391. The van der Waals surface area contributed by atoms with Crippen LogP contribution < -0.4 is 0 Å². The molecule has 0 spiro atoms. The lowest BCUT2D eigenvalue weighted by Crippen LogP contribution is -2.44. The fourth-order valence-corrected chi connectivity index (χ4v) is 7.26. The van der Waals surface area contributed by atoms with E-state index in [-0.39, 0.29) is 33.8 Å². The average molecular weight is 564 g/mol. The molecule has 4 rings (SSSR count). The second-order valence-corrected chi connectivity index (χ2v) is 20.6. The highest BCUT2D eigenvalue weighted by Gasteiger charge is 2.45. The molecule has 2 unspecified atom stereocenters. The standard InChI is InChI=1S/C34H53N3O2Si/c1-21(2)29-28(30(38)23-19-35-31(36-20-23)32(3,4)5)26(22-15-13-14-16-22)27-24(37-29)17-34(9,10)18-25(27)39-40(11,12)33(6,7)8/h13,15,19-22,25,30,38H,14,16-18H2,1-12H3/t22?,25?,30-/m1/s1. The Morgan fingerprint density at radius 1 is 1.02 bits per heavy atom. The van der Waals surface area contributed by atoms with Crippen molar-refractivity contribution in [2.24, 2.45) is 5.41 Å². The lowest BCUT2D eigenvalue weighted by atomic mass is 9.70. The fraction of sp³-hybridized carbons (Fsp3) is 0.676. The molecule has 2 aromatic rings. The number of aliphatic hydroxyl groups excluding tert-OH is 1. The SMILES string of the molecule is CC(C)c1nc2c(c(C3C=CCC3)c1[C@H](O)c1cnc(C(C)(C)C)nc1)C(O[Si](C)(C)C(C)(C)C)CC(C)(C)C2. The summed E-state index contributed by atoms with van der Waals surface area (Å²) in [6.07, 6.45) is 11.3. The second kappa shape index (κ2) is 10.7. The van der Waals surface area contributed by atoms with Crippen molar-refractivity contribution in [3.05, 3.63) is 64.0 Å². The molecule has 0 aromatic carbocycles. The van der Waals surface area contributed by atoms with Crippen LogP contribution in [0.25, 0.3) is 0 Å². The van der Waals surface area contributed by atoms with Crippen molar-refractivity contribution < 1.29 is 9.53 Å². The average Bonchev–Trinajstić information content (AvgIpc) is 3.35. The molecule has 0 saturated heterocycles. The molecular formula is C34H53N3O2Si. The van der Waals surface area contributed by atoms with E-state index in [1.165, 1.54) is 11.1 Å². The quantitative estimate of drug-likeness (QED) is 0.281. The summed E-state index contributed by atoms with van der Waals surface area (Å²) in [5.74, 6) is 1.18. The molecule has 0 amide bonds. The van der Waals surface area contributed by atoms with Crippen LogP contribution in [0.1, 0.15) is 152 Å². The Bertz CT molecular complexity index is 1250. The Morgan fingerprint density at radius 2 is 1.65 bits per heavy atom. The molecule has 0 fully saturated rings. The number of hydrogen-bond acceptors (Lipinski definition) is 5. The van der Waals surface area contributed by atoms with E-state index in [2.05, 4.69) is 104 Å². The van der Waals surface area contributed by atoms with Gasteiger partial charge in [-0.15, -0.1) is 0 Å². The Hall–Kier alpha value is -1.89. The van der Waals surface area contributed by atoms with Crippen LogP contribution in [0.3, 0.4) is 0 Å². The predicted octanol–water partition coefficient (Wildman–Crippen LogP) is 8.84. The number of rotatable bonds is 6. The summed E-state index contributed by atoms with van der Waals surface area (Å²) in [5, 5.41) is 12.2. The zero-order chi connectivity index (χ0) is 29.8. The fourth-order valence-electron chi connectivity index (χ4n) is 5.99. The Balaban J connectivity index is 1.98. The van der Waals surface area contributed by atoms with Gasteiger partial charge in [-0.2, -0.15) is 0 Å². The molecule has 0 radical (unpaired) electrons. The normalized spacial score (nSPS) is 22.1. The van der Waals surface area contributed by atoms with Gasteiger partial charge in [0.25, 0.3) is 0 Å². The monoisotopic (exact) mass is 563 g/mol. The summed E-state index contributed by atoms with van der Waals surface area (Å²) in [6, 6.07) is 0. The van der Waals surface area contributed by atoms with E-state index in [0.717, 1.165) is 54.0 Å². The minimum Gasteiger partial charge on any atom is -0.410 e. The van der Waals surface area contributed by atoms with Gasteiger partial charge in [0, 0.05) is 51.8 Å². The summed E-state index contributed by atoms with van der Waals surface area (Å²) in [5.41, 5.74) is 6.24. The molecule has 3 atom stereocenters. The van der Waals surface area contributed by atoms with E-state index in [1.807, 2.05) is 12.4 Å². The van der Waals surface area contributed by atoms with Gasteiger partial charge in [0.1, 0.15) is 11.9 Å². The summed E-state index contributed by atoms with van der Waals surface area (Å²) < 4.78 is 7.27. The molecule has 6 heteroatoms. The number of fused-ring (bicyclic) bond motifs is 1. The Morgan fingerprint density at radius 3 is 2.15 bits per heavy atom. The molecular weight excluding hydrogens is 510 g/mol. The maximum absolute atomic E-state index is 12.1. The molecule has 2 aliphatic rings. The van der Waals surface area contributed by atoms with Crippen LogP contribution in [0.15, 0.2) is 24.5 Å². The number of hydrogen-bond donors (Lipinski definition) is 1. The highest BCUT2D eigenvalue weighted by molar-refractivity contribution is 6.74. The molecule has 0 saturated carbocycles. The third-order valence-electron chi connectivity index (χ3n) is 9.23. The molecule has 0 aliphatic heterocycles. The first-order chi connectivity index (χ1) is 18.3. The van der Waals surface area contributed by atoms with Gasteiger partial charge in [-0.3, -0.25) is 4.98 Å². The molecule has 1 N–H and O–H groups in total. The van der Waals surface area contributed by atoms with Gasteiger partial charge in [-0.1, -0.05) is 81.4 Å². The smallest absolute Gasteiger partial charge is 0.192 e. The van der Waals surface area contributed by atoms with Crippen LogP contribution in [0.4, 0.5) is 0 Å². The highest BCUT2D eigenvalue weighted by Crippen LogP contribution is 2.52. The van der Waals surface area contributed by atoms with E-state index >= 15 is 0 Å². The number of allylic oxidation sites excluding steroid dienone is 2. The van der Waals surface area contributed by atoms with E-state index in [9.17, 15) is 5.11 Å². The molecule has 220 valence electrons. The topological polar surface area (TPSA) is 68.1 Å². The Kier molecular flexibility index (Phi) is 8.34. The van der Waals surface area contributed by atoms with Gasteiger partial charge >= 0.3 is 0 Å². The number of nitrogens with zero attached hydrogens (tertiary/aromatic N) is 3. The van der Waals surface area contributed by atoms with Gasteiger partial charge in [0.2, 0.25) is 0 Å². The maximum atomic E-state index is 12.1.